The molecule has 0 aliphatic carbocycles. The summed E-state index contributed by atoms with van der Waals surface area (Å²) in [6.45, 7) is 1.76. The SMILES string of the molecule is Cl.N[C@@H]1CCN(S(=O)(=O)c2ccc3c(c2)OCCO3)C1. The minimum absolute atomic E-state index is 0. The largest absolute Gasteiger partial charge is 0.486 e. The van der Waals surface area contributed by atoms with Crippen LogP contribution in [0.25, 0.3) is 0 Å². The van der Waals surface area contributed by atoms with E-state index in [0.717, 1.165) is 0 Å². The van der Waals surface area contributed by atoms with Gasteiger partial charge in [-0.15, -0.1) is 12.4 Å². The highest BCUT2D eigenvalue weighted by Crippen LogP contribution is 2.33. The standard InChI is InChI=1S/C12H16N2O4S.ClH/c13-9-3-4-14(8-9)19(15,16)10-1-2-11-12(7-10)18-6-5-17-11;/h1-2,7,9H,3-6,8,13H2;1H/t9-;/m1./s1. The number of nitrogens with zero attached hydrogens (tertiary/aromatic N) is 1. The van der Waals surface area contributed by atoms with Crippen molar-refractivity contribution in [2.24, 2.45) is 5.73 Å². The van der Waals surface area contributed by atoms with E-state index in [4.69, 9.17) is 15.2 Å². The van der Waals surface area contributed by atoms with Crippen molar-refractivity contribution in [1.82, 2.24) is 4.31 Å². The fourth-order valence-electron chi connectivity index (χ4n) is 2.31. The molecule has 0 amide bonds. The molecule has 2 aliphatic rings. The first-order valence-corrected chi connectivity index (χ1v) is 7.67. The third kappa shape index (κ3) is 2.71. The number of halogens is 1. The maximum Gasteiger partial charge on any atom is 0.243 e. The Balaban J connectivity index is 0.00000147. The van der Waals surface area contributed by atoms with Crippen molar-refractivity contribution in [1.29, 1.82) is 0 Å². The van der Waals surface area contributed by atoms with Gasteiger partial charge in [0.25, 0.3) is 0 Å². The maximum absolute atomic E-state index is 12.4. The Morgan fingerprint density at radius 3 is 2.55 bits per heavy atom. The summed E-state index contributed by atoms with van der Waals surface area (Å²) in [4.78, 5) is 0.228. The molecule has 6 nitrogen and oxygen atoms in total. The highest BCUT2D eigenvalue weighted by Gasteiger charge is 2.31. The first-order valence-electron chi connectivity index (χ1n) is 6.23. The van der Waals surface area contributed by atoms with Crippen LogP contribution in [0.2, 0.25) is 0 Å². The molecule has 2 N–H and O–H groups in total. The van der Waals surface area contributed by atoms with Gasteiger partial charge in [-0.05, 0) is 18.6 Å². The van der Waals surface area contributed by atoms with Gasteiger partial charge < -0.3 is 15.2 Å². The van der Waals surface area contributed by atoms with E-state index in [-0.39, 0.29) is 23.3 Å². The fraction of sp³-hybridized carbons (Fsp3) is 0.500. The van der Waals surface area contributed by atoms with Crippen LogP contribution in [0.5, 0.6) is 11.5 Å². The summed E-state index contributed by atoms with van der Waals surface area (Å²) in [6.07, 6.45) is 0.698. The van der Waals surface area contributed by atoms with Gasteiger partial charge in [-0.3, -0.25) is 0 Å². The molecular weight excluding hydrogens is 304 g/mol. The predicted octanol–water partition coefficient (Wildman–Crippen LogP) is 0.601. The van der Waals surface area contributed by atoms with Crippen LogP contribution in [0.4, 0.5) is 0 Å². The van der Waals surface area contributed by atoms with Gasteiger partial charge in [0.1, 0.15) is 13.2 Å². The van der Waals surface area contributed by atoms with Crippen molar-refractivity contribution in [2.75, 3.05) is 26.3 Å². The third-order valence-electron chi connectivity index (χ3n) is 3.34. The van der Waals surface area contributed by atoms with Gasteiger partial charge in [0.15, 0.2) is 11.5 Å². The van der Waals surface area contributed by atoms with Crippen LogP contribution in [0.1, 0.15) is 6.42 Å². The van der Waals surface area contributed by atoms with Crippen LogP contribution in [0.3, 0.4) is 0 Å². The molecule has 1 fully saturated rings. The van der Waals surface area contributed by atoms with Gasteiger partial charge in [0, 0.05) is 25.2 Å². The Morgan fingerprint density at radius 1 is 1.20 bits per heavy atom. The lowest BCUT2D eigenvalue weighted by molar-refractivity contribution is 0.171. The van der Waals surface area contributed by atoms with E-state index < -0.39 is 10.0 Å². The molecule has 20 heavy (non-hydrogen) atoms. The lowest BCUT2D eigenvalue weighted by Crippen LogP contribution is -2.32. The smallest absolute Gasteiger partial charge is 0.243 e. The van der Waals surface area contributed by atoms with Crippen LogP contribution in [0, 0.1) is 0 Å². The van der Waals surface area contributed by atoms with E-state index in [1.807, 2.05) is 0 Å². The molecule has 1 aromatic carbocycles. The Bertz CT molecular complexity index is 593. The second-order valence-corrected chi connectivity index (χ2v) is 6.66. The topological polar surface area (TPSA) is 81.9 Å². The number of nitrogens with two attached hydrogens (primary N) is 1. The number of hydrogen-bond donors (Lipinski definition) is 1. The Morgan fingerprint density at radius 2 is 1.90 bits per heavy atom. The molecule has 8 heteroatoms. The predicted molar refractivity (Wildman–Crippen MR) is 76.0 cm³/mol. The summed E-state index contributed by atoms with van der Waals surface area (Å²) >= 11 is 0. The van der Waals surface area contributed by atoms with E-state index >= 15 is 0 Å². The average Bonchev–Trinajstić information content (AvgIpc) is 2.85. The molecule has 2 aliphatic heterocycles. The van der Waals surface area contributed by atoms with Gasteiger partial charge in [-0.2, -0.15) is 4.31 Å². The summed E-state index contributed by atoms with van der Waals surface area (Å²) in [5.41, 5.74) is 5.76. The number of fused-ring (bicyclic) bond motifs is 1. The summed E-state index contributed by atoms with van der Waals surface area (Å²) in [5.74, 6) is 1.07. The quantitative estimate of drug-likeness (QED) is 0.863. The van der Waals surface area contributed by atoms with E-state index in [1.165, 1.54) is 10.4 Å². The second-order valence-electron chi connectivity index (χ2n) is 4.72. The highest BCUT2D eigenvalue weighted by atomic mass is 35.5. The van der Waals surface area contributed by atoms with Crippen molar-refractivity contribution in [3.8, 4) is 11.5 Å². The molecule has 1 aromatic rings. The van der Waals surface area contributed by atoms with Crippen LogP contribution in [-0.2, 0) is 10.0 Å². The molecule has 0 saturated carbocycles. The number of rotatable bonds is 2. The monoisotopic (exact) mass is 320 g/mol. The van der Waals surface area contributed by atoms with Crippen LogP contribution in [0.15, 0.2) is 23.1 Å². The summed E-state index contributed by atoms with van der Waals surface area (Å²) < 4.78 is 37.1. The van der Waals surface area contributed by atoms with Gasteiger partial charge in [-0.1, -0.05) is 0 Å². The Labute approximate surface area is 124 Å². The van der Waals surface area contributed by atoms with Crippen molar-refractivity contribution in [3.05, 3.63) is 18.2 Å². The number of ether oxygens (including phenoxy) is 2. The minimum Gasteiger partial charge on any atom is -0.486 e. The maximum atomic E-state index is 12.4. The van der Waals surface area contributed by atoms with Crippen molar-refractivity contribution in [3.63, 3.8) is 0 Å². The minimum atomic E-state index is -3.49. The number of hydrogen-bond acceptors (Lipinski definition) is 5. The lowest BCUT2D eigenvalue weighted by Gasteiger charge is -2.20. The van der Waals surface area contributed by atoms with Crippen molar-refractivity contribution < 1.29 is 17.9 Å². The van der Waals surface area contributed by atoms with E-state index in [9.17, 15) is 8.42 Å². The van der Waals surface area contributed by atoms with Gasteiger partial charge in [0.2, 0.25) is 10.0 Å². The van der Waals surface area contributed by atoms with Crippen LogP contribution >= 0.6 is 12.4 Å². The first-order chi connectivity index (χ1) is 9.07. The fourth-order valence-corrected chi connectivity index (χ4v) is 3.83. The van der Waals surface area contributed by atoms with Crippen molar-refractivity contribution >= 4 is 22.4 Å². The highest BCUT2D eigenvalue weighted by molar-refractivity contribution is 7.89. The molecule has 1 saturated heterocycles. The number of benzene rings is 1. The Hall–Kier alpha value is -1.02. The van der Waals surface area contributed by atoms with Crippen LogP contribution < -0.4 is 15.2 Å². The third-order valence-corrected chi connectivity index (χ3v) is 5.20. The molecule has 0 unspecified atom stereocenters. The molecule has 1 atom stereocenters. The molecule has 0 bridgehead atoms. The summed E-state index contributed by atoms with van der Waals surface area (Å²) in [7, 11) is -3.49. The van der Waals surface area contributed by atoms with Crippen LogP contribution in [-0.4, -0.2) is 45.1 Å². The second kappa shape index (κ2) is 5.77. The van der Waals surface area contributed by atoms with Crippen molar-refractivity contribution in [2.45, 2.75) is 17.4 Å². The van der Waals surface area contributed by atoms with Gasteiger partial charge in [0.05, 0.1) is 4.90 Å². The molecule has 0 aromatic heterocycles. The molecule has 3 rings (SSSR count). The molecule has 0 radical (unpaired) electrons. The normalized spacial score (nSPS) is 22.4. The van der Waals surface area contributed by atoms with E-state index in [2.05, 4.69) is 0 Å². The lowest BCUT2D eigenvalue weighted by atomic mass is 10.3. The average molecular weight is 321 g/mol. The molecule has 0 spiro atoms. The number of sulfonamides is 1. The molecular formula is C12H17ClN2O4S. The molecule has 2 heterocycles. The van der Waals surface area contributed by atoms with E-state index in [1.54, 1.807) is 12.1 Å². The molecule has 112 valence electrons. The summed E-state index contributed by atoms with van der Waals surface area (Å²) in [6, 6.07) is 4.63. The summed E-state index contributed by atoms with van der Waals surface area (Å²) in [5, 5.41) is 0. The first kappa shape index (κ1) is 15.4. The van der Waals surface area contributed by atoms with Gasteiger partial charge >= 0.3 is 0 Å². The zero-order valence-corrected chi connectivity index (χ0v) is 12.5. The van der Waals surface area contributed by atoms with Gasteiger partial charge in [-0.25, -0.2) is 8.42 Å². The van der Waals surface area contributed by atoms with E-state index in [0.29, 0.717) is 44.2 Å². The zero-order chi connectivity index (χ0) is 13.5. The Kier molecular flexibility index (Phi) is 4.43. The zero-order valence-electron chi connectivity index (χ0n) is 10.8.